The Balaban J connectivity index is 2.04. The Morgan fingerprint density at radius 1 is 1.43 bits per heavy atom. The number of carbonyl (C=O) groups excluding carboxylic acids is 1. The van der Waals surface area contributed by atoms with Crippen molar-refractivity contribution in [1.82, 2.24) is 5.32 Å². The maximum Gasteiger partial charge on any atom is 0.261 e. The van der Waals surface area contributed by atoms with Crippen LogP contribution in [0.4, 0.5) is 0 Å². The number of benzene rings is 1. The van der Waals surface area contributed by atoms with Crippen LogP contribution in [-0.4, -0.2) is 12.5 Å². The maximum atomic E-state index is 12.1. The fourth-order valence-electron chi connectivity index (χ4n) is 1.77. The van der Waals surface area contributed by atoms with Crippen LogP contribution in [0.25, 0.3) is 0 Å². The van der Waals surface area contributed by atoms with Gasteiger partial charge in [0.1, 0.15) is 0 Å². The quantitative estimate of drug-likeness (QED) is 0.855. The SMILES string of the molecule is Cc1cc(C(=O)NCc2cccc(Cl)c2)sc1C#CCN. The molecule has 1 aromatic heterocycles. The molecular formula is C16H15ClN2OS. The summed E-state index contributed by atoms with van der Waals surface area (Å²) in [5.41, 5.74) is 7.32. The van der Waals surface area contributed by atoms with E-state index in [0.717, 1.165) is 16.0 Å². The number of thiophene rings is 1. The Morgan fingerprint density at radius 3 is 2.95 bits per heavy atom. The average Bonchev–Trinajstić information content (AvgIpc) is 2.84. The largest absolute Gasteiger partial charge is 0.347 e. The van der Waals surface area contributed by atoms with Crippen LogP contribution in [0.5, 0.6) is 0 Å². The molecule has 3 nitrogen and oxygen atoms in total. The number of nitrogens with one attached hydrogen (secondary N) is 1. The molecule has 0 bridgehead atoms. The van der Waals surface area contributed by atoms with Crippen LogP contribution < -0.4 is 11.1 Å². The second-order valence-electron chi connectivity index (χ2n) is 4.44. The van der Waals surface area contributed by atoms with Gasteiger partial charge in [0, 0.05) is 11.6 Å². The smallest absolute Gasteiger partial charge is 0.261 e. The minimum atomic E-state index is -0.108. The topological polar surface area (TPSA) is 55.1 Å². The van der Waals surface area contributed by atoms with Gasteiger partial charge in [-0.3, -0.25) is 4.79 Å². The summed E-state index contributed by atoms with van der Waals surface area (Å²) in [6.45, 7) is 2.69. The van der Waals surface area contributed by atoms with E-state index in [1.807, 2.05) is 31.2 Å². The van der Waals surface area contributed by atoms with E-state index in [4.69, 9.17) is 17.3 Å². The predicted octanol–water partition coefficient (Wildman–Crippen LogP) is 2.95. The molecule has 1 heterocycles. The molecular weight excluding hydrogens is 304 g/mol. The van der Waals surface area contributed by atoms with Crippen LogP contribution in [0.2, 0.25) is 5.02 Å². The van der Waals surface area contributed by atoms with Gasteiger partial charge in [0.2, 0.25) is 0 Å². The van der Waals surface area contributed by atoms with Gasteiger partial charge in [-0.15, -0.1) is 11.3 Å². The van der Waals surface area contributed by atoms with Gasteiger partial charge in [0.05, 0.1) is 16.3 Å². The molecule has 1 aromatic carbocycles. The molecule has 0 radical (unpaired) electrons. The summed E-state index contributed by atoms with van der Waals surface area (Å²) in [5, 5.41) is 3.54. The first kappa shape index (κ1) is 15.6. The van der Waals surface area contributed by atoms with E-state index >= 15 is 0 Å². The normalized spacial score (nSPS) is 9.86. The molecule has 0 spiro atoms. The number of halogens is 1. The minimum absolute atomic E-state index is 0.108. The van der Waals surface area contributed by atoms with Gasteiger partial charge in [-0.2, -0.15) is 0 Å². The van der Waals surface area contributed by atoms with Crippen LogP contribution >= 0.6 is 22.9 Å². The highest BCUT2D eigenvalue weighted by atomic mass is 35.5. The van der Waals surface area contributed by atoms with E-state index in [9.17, 15) is 4.79 Å². The number of aryl methyl sites for hydroxylation is 1. The first-order chi connectivity index (χ1) is 10.1. The van der Waals surface area contributed by atoms with Gasteiger partial charge >= 0.3 is 0 Å². The fourth-order valence-corrected chi connectivity index (χ4v) is 2.94. The van der Waals surface area contributed by atoms with Crippen molar-refractivity contribution in [3.8, 4) is 11.8 Å². The Kier molecular flexibility index (Phi) is 5.40. The van der Waals surface area contributed by atoms with Gasteiger partial charge in [-0.05, 0) is 36.2 Å². The molecule has 0 aliphatic heterocycles. The third-order valence-electron chi connectivity index (χ3n) is 2.79. The number of carbonyl (C=O) groups is 1. The van der Waals surface area contributed by atoms with Gasteiger partial charge in [-0.1, -0.05) is 35.6 Å². The summed E-state index contributed by atoms with van der Waals surface area (Å²) >= 11 is 7.29. The zero-order chi connectivity index (χ0) is 15.2. The zero-order valence-electron chi connectivity index (χ0n) is 11.6. The monoisotopic (exact) mass is 318 g/mol. The lowest BCUT2D eigenvalue weighted by molar-refractivity contribution is 0.0955. The van der Waals surface area contributed by atoms with Crippen LogP contribution in [0.1, 0.15) is 25.7 Å². The third-order valence-corrected chi connectivity index (χ3v) is 4.17. The second-order valence-corrected chi connectivity index (χ2v) is 5.93. The van der Waals surface area contributed by atoms with Crippen molar-refractivity contribution in [2.24, 2.45) is 5.73 Å². The van der Waals surface area contributed by atoms with Crippen molar-refractivity contribution in [3.05, 3.63) is 56.2 Å². The van der Waals surface area contributed by atoms with Crippen molar-refractivity contribution in [3.63, 3.8) is 0 Å². The van der Waals surface area contributed by atoms with Gasteiger partial charge < -0.3 is 11.1 Å². The highest BCUT2D eigenvalue weighted by molar-refractivity contribution is 7.14. The zero-order valence-corrected chi connectivity index (χ0v) is 13.1. The number of rotatable bonds is 3. The van der Waals surface area contributed by atoms with E-state index in [-0.39, 0.29) is 5.91 Å². The number of hydrogen-bond donors (Lipinski definition) is 2. The summed E-state index contributed by atoms with van der Waals surface area (Å²) in [6, 6.07) is 9.26. The summed E-state index contributed by atoms with van der Waals surface area (Å²) in [6.07, 6.45) is 0. The molecule has 2 rings (SSSR count). The Hall–Kier alpha value is -1.80. The molecule has 0 fully saturated rings. The molecule has 0 saturated heterocycles. The molecule has 3 N–H and O–H groups in total. The Labute approximate surface area is 133 Å². The molecule has 0 atom stereocenters. The summed E-state index contributed by atoms with van der Waals surface area (Å²) in [4.78, 5) is 13.7. The molecule has 2 aromatic rings. The maximum absolute atomic E-state index is 12.1. The van der Waals surface area contributed by atoms with Gasteiger partial charge in [0.15, 0.2) is 0 Å². The first-order valence-corrected chi connectivity index (χ1v) is 7.61. The fraction of sp³-hybridized carbons (Fsp3) is 0.188. The molecule has 0 aliphatic carbocycles. The Bertz CT molecular complexity index is 713. The van der Waals surface area contributed by atoms with Gasteiger partial charge in [0.25, 0.3) is 5.91 Å². The van der Waals surface area contributed by atoms with Crippen molar-refractivity contribution in [1.29, 1.82) is 0 Å². The van der Waals surface area contributed by atoms with Crippen LogP contribution in [0, 0.1) is 18.8 Å². The molecule has 1 amide bonds. The number of amides is 1. The lowest BCUT2D eigenvalue weighted by Crippen LogP contribution is -2.21. The molecule has 21 heavy (non-hydrogen) atoms. The standard InChI is InChI=1S/C16H15ClN2OS/c1-11-8-15(21-14(11)6-3-7-18)16(20)19-10-12-4-2-5-13(17)9-12/h2,4-5,8-9H,7,10,18H2,1H3,(H,19,20). The lowest BCUT2D eigenvalue weighted by Gasteiger charge is -2.04. The summed E-state index contributed by atoms with van der Waals surface area (Å²) in [7, 11) is 0. The van der Waals surface area contributed by atoms with E-state index in [2.05, 4.69) is 17.2 Å². The van der Waals surface area contributed by atoms with E-state index in [1.54, 1.807) is 6.07 Å². The van der Waals surface area contributed by atoms with Crippen molar-refractivity contribution in [2.45, 2.75) is 13.5 Å². The molecule has 0 unspecified atom stereocenters. The highest BCUT2D eigenvalue weighted by Crippen LogP contribution is 2.21. The first-order valence-electron chi connectivity index (χ1n) is 6.42. The number of hydrogen-bond acceptors (Lipinski definition) is 3. The number of nitrogens with two attached hydrogens (primary N) is 1. The molecule has 5 heteroatoms. The molecule has 108 valence electrons. The average molecular weight is 319 g/mol. The highest BCUT2D eigenvalue weighted by Gasteiger charge is 2.11. The van der Waals surface area contributed by atoms with Crippen LogP contribution in [-0.2, 0) is 6.54 Å². The van der Waals surface area contributed by atoms with Crippen molar-refractivity contribution < 1.29 is 4.79 Å². The Morgan fingerprint density at radius 2 is 2.24 bits per heavy atom. The lowest BCUT2D eigenvalue weighted by atomic mass is 10.2. The third kappa shape index (κ3) is 4.33. The van der Waals surface area contributed by atoms with Crippen LogP contribution in [0.15, 0.2) is 30.3 Å². The van der Waals surface area contributed by atoms with Crippen LogP contribution in [0.3, 0.4) is 0 Å². The molecule has 0 saturated carbocycles. The summed E-state index contributed by atoms with van der Waals surface area (Å²) < 4.78 is 0. The van der Waals surface area contributed by atoms with E-state index in [0.29, 0.717) is 23.0 Å². The van der Waals surface area contributed by atoms with Crippen molar-refractivity contribution in [2.75, 3.05) is 6.54 Å². The minimum Gasteiger partial charge on any atom is -0.347 e. The predicted molar refractivity (Wildman–Crippen MR) is 87.6 cm³/mol. The second kappa shape index (κ2) is 7.28. The van der Waals surface area contributed by atoms with E-state index < -0.39 is 0 Å². The van der Waals surface area contributed by atoms with Gasteiger partial charge in [-0.25, -0.2) is 0 Å². The van der Waals surface area contributed by atoms with Crippen molar-refractivity contribution >= 4 is 28.8 Å². The summed E-state index contributed by atoms with van der Waals surface area (Å²) in [5.74, 6) is 5.67. The molecule has 0 aliphatic rings. The van der Waals surface area contributed by atoms with E-state index in [1.165, 1.54) is 11.3 Å².